The van der Waals surface area contributed by atoms with Gasteiger partial charge in [-0.15, -0.1) is 0 Å². The molecular formula is C27H30N6O4. The molecule has 37 heavy (non-hydrogen) atoms. The standard InChI is InChI=1S/C27H30N6O4/c1-14-15(2)20(8-7-18(14)30-26(35)31-24-13-23(32-33-24)27(3,4)5)37-21-9-10-29-19-12-22(36-6)17(25(28)34)11-16(19)21/h7-13H,1-6H3,(H2,28,34)(H3,30,31,32,33,35). The first-order valence-corrected chi connectivity index (χ1v) is 11.7. The van der Waals surface area contributed by atoms with Gasteiger partial charge in [0.15, 0.2) is 5.82 Å². The lowest BCUT2D eigenvalue weighted by molar-refractivity contribution is 0.0997. The number of anilines is 2. The molecule has 0 unspecified atom stereocenters. The number of amides is 3. The Morgan fingerprint density at radius 2 is 1.73 bits per heavy atom. The van der Waals surface area contributed by atoms with Crippen LogP contribution in [0.15, 0.2) is 42.6 Å². The maximum Gasteiger partial charge on any atom is 0.324 e. The van der Waals surface area contributed by atoms with Crippen molar-refractivity contribution in [2.45, 2.75) is 40.0 Å². The van der Waals surface area contributed by atoms with Gasteiger partial charge in [-0.1, -0.05) is 20.8 Å². The number of fused-ring (bicyclic) bond motifs is 1. The van der Waals surface area contributed by atoms with E-state index in [-0.39, 0.29) is 11.0 Å². The van der Waals surface area contributed by atoms with Crippen molar-refractivity contribution in [2.75, 3.05) is 17.7 Å². The third-order valence-corrected chi connectivity index (χ3v) is 6.12. The van der Waals surface area contributed by atoms with E-state index in [2.05, 4.69) is 46.6 Å². The highest BCUT2D eigenvalue weighted by molar-refractivity contribution is 6.01. The Morgan fingerprint density at radius 3 is 2.38 bits per heavy atom. The van der Waals surface area contributed by atoms with Crippen LogP contribution >= 0.6 is 0 Å². The minimum absolute atomic E-state index is 0.111. The maximum atomic E-state index is 12.6. The van der Waals surface area contributed by atoms with E-state index in [9.17, 15) is 9.59 Å². The lowest BCUT2D eigenvalue weighted by atomic mass is 9.92. The normalized spacial score (nSPS) is 11.3. The smallest absolute Gasteiger partial charge is 0.324 e. The zero-order valence-electron chi connectivity index (χ0n) is 21.6. The number of nitrogens with two attached hydrogens (primary N) is 1. The van der Waals surface area contributed by atoms with E-state index in [0.29, 0.717) is 39.7 Å². The quantitative estimate of drug-likeness (QED) is 0.277. The Kier molecular flexibility index (Phi) is 6.76. The molecule has 5 N–H and O–H groups in total. The van der Waals surface area contributed by atoms with E-state index >= 15 is 0 Å². The van der Waals surface area contributed by atoms with Gasteiger partial charge in [-0.25, -0.2) is 4.79 Å². The molecule has 0 spiro atoms. The Labute approximate surface area is 214 Å². The zero-order chi connectivity index (χ0) is 26.9. The number of hydrogen-bond acceptors (Lipinski definition) is 6. The SMILES string of the molecule is COc1cc2nccc(Oc3ccc(NC(=O)Nc4cc(C(C)(C)C)[nH]n4)c(C)c3C)c2cc1C(N)=O. The fourth-order valence-electron chi connectivity index (χ4n) is 3.80. The predicted molar refractivity (Wildman–Crippen MR) is 143 cm³/mol. The summed E-state index contributed by atoms with van der Waals surface area (Å²) >= 11 is 0. The topological polar surface area (TPSA) is 144 Å². The second-order valence-corrected chi connectivity index (χ2v) is 9.70. The number of H-pyrrole nitrogens is 1. The minimum Gasteiger partial charge on any atom is -0.496 e. The van der Waals surface area contributed by atoms with Gasteiger partial charge < -0.3 is 20.5 Å². The van der Waals surface area contributed by atoms with E-state index in [4.69, 9.17) is 15.2 Å². The first-order chi connectivity index (χ1) is 17.5. The number of nitrogens with one attached hydrogen (secondary N) is 3. The van der Waals surface area contributed by atoms with Crippen molar-refractivity contribution in [3.63, 3.8) is 0 Å². The van der Waals surface area contributed by atoms with E-state index in [1.165, 1.54) is 7.11 Å². The summed E-state index contributed by atoms with van der Waals surface area (Å²) < 4.78 is 11.5. The number of nitrogens with zero attached hydrogens (tertiary/aromatic N) is 2. The summed E-state index contributed by atoms with van der Waals surface area (Å²) in [7, 11) is 1.47. The number of pyridine rings is 1. The average Bonchev–Trinajstić information content (AvgIpc) is 3.32. The number of aromatic nitrogens is 3. The second kappa shape index (κ2) is 9.81. The number of carbonyl (C=O) groups excluding carboxylic acids is 2. The van der Waals surface area contributed by atoms with E-state index < -0.39 is 11.9 Å². The molecular weight excluding hydrogens is 472 g/mol. The van der Waals surface area contributed by atoms with Crippen LogP contribution in [0.1, 0.15) is 48.0 Å². The number of aromatic amines is 1. The largest absolute Gasteiger partial charge is 0.496 e. The summed E-state index contributed by atoms with van der Waals surface area (Å²) in [6.45, 7) is 9.97. The summed E-state index contributed by atoms with van der Waals surface area (Å²) in [5, 5.41) is 13.3. The summed E-state index contributed by atoms with van der Waals surface area (Å²) in [6.07, 6.45) is 1.61. The third kappa shape index (κ3) is 5.32. The van der Waals surface area contributed by atoms with Crippen molar-refractivity contribution in [1.29, 1.82) is 0 Å². The highest BCUT2D eigenvalue weighted by atomic mass is 16.5. The maximum absolute atomic E-state index is 12.6. The van der Waals surface area contributed by atoms with Gasteiger partial charge in [0, 0.05) is 40.5 Å². The summed E-state index contributed by atoms with van der Waals surface area (Å²) in [5.41, 5.74) is 9.47. The van der Waals surface area contributed by atoms with Crippen molar-refractivity contribution >= 4 is 34.3 Å². The molecule has 192 valence electrons. The van der Waals surface area contributed by atoms with E-state index in [1.54, 1.807) is 36.5 Å². The van der Waals surface area contributed by atoms with Gasteiger partial charge in [-0.2, -0.15) is 5.10 Å². The van der Waals surface area contributed by atoms with Gasteiger partial charge in [-0.05, 0) is 49.2 Å². The molecule has 0 aliphatic heterocycles. The van der Waals surface area contributed by atoms with Gasteiger partial charge in [0.2, 0.25) is 0 Å². The fourth-order valence-corrected chi connectivity index (χ4v) is 3.80. The Morgan fingerprint density at radius 1 is 0.973 bits per heavy atom. The number of carbonyl (C=O) groups is 2. The minimum atomic E-state index is -0.612. The van der Waals surface area contributed by atoms with Crippen LogP contribution in [0, 0.1) is 13.8 Å². The lowest BCUT2D eigenvalue weighted by Crippen LogP contribution is -2.20. The molecule has 0 fully saturated rings. The van der Waals surface area contributed by atoms with Gasteiger partial charge in [-0.3, -0.25) is 20.2 Å². The monoisotopic (exact) mass is 502 g/mol. The summed E-state index contributed by atoms with van der Waals surface area (Å²) in [6, 6.07) is 9.92. The summed E-state index contributed by atoms with van der Waals surface area (Å²) in [4.78, 5) is 28.9. The van der Waals surface area contributed by atoms with Crippen LogP contribution in [0.5, 0.6) is 17.2 Å². The molecule has 0 bridgehead atoms. The van der Waals surface area contributed by atoms with E-state index in [1.807, 2.05) is 19.9 Å². The number of ether oxygens (including phenoxy) is 2. The predicted octanol–water partition coefficient (Wildman–Crippen LogP) is 5.42. The highest BCUT2D eigenvalue weighted by Gasteiger charge is 2.19. The molecule has 0 aliphatic carbocycles. The summed E-state index contributed by atoms with van der Waals surface area (Å²) in [5.74, 6) is 1.26. The number of rotatable bonds is 6. The molecule has 0 atom stereocenters. The first-order valence-electron chi connectivity index (χ1n) is 11.7. The molecule has 0 radical (unpaired) electrons. The molecule has 0 saturated heterocycles. The van der Waals surface area contributed by atoms with Crippen molar-refractivity contribution in [1.82, 2.24) is 15.2 Å². The number of methoxy groups -OCH3 is 1. The van der Waals surface area contributed by atoms with E-state index in [0.717, 1.165) is 16.8 Å². The molecule has 4 aromatic rings. The number of primary amides is 1. The molecule has 0 saturated carbocycles. The van der Waals surface area contributed by atoms with Crippen molar-refractivity contribution in [3.8, 4) is 17.2 Å². The van der Waals surface area contributed by atoms with Crippen LogP contribution in [0.25, 0.3) is 10.9 Å². The second-order valence-electron chi connectivity index (χ2n) is 9.70. The third-order valence-electron chi connectivity index (χ3n) is 6.12. The molecule has 3 amide bonds. The van der Waals surface area contributed by atoms with Crippen LogP contribution < -0.4 is 25.8 Å². The Balaban J connectivity index is 1.56. The number of urea groups is 1. The van der Waals surface area contributed by atoms with Crippen molar-refractivity contribution in [2.24, 2.45) is 5.73 Å². The fraction of sp³-hybridized carbons (Fsp3) is 0.259. The van der Waals surface area contributed by atoms with Gasteiger partial charge in [0.1, 0.15) is 17.2 Å². The van der Waals surface area contributed by atoms with Crippen molar-refractivity contribution in [3.05, 3.63) is 65.0 Å². The molecule has 2 aromatic heterocycles. The Hall–Kier alpha value is -4.60. The van der Waals surface area contributed by atoms with Crippen LogP contribution in [0.3, 0.4) is 0 Å². The molecule has 10 heteroatoms. The molecule has 4 rings (SSSR count). The van der Waals surface area contributed by atoms with Crippen LogP contribution in [0.4, 0.5) is 16.3 Å². The lowest BCUT2D eigenvalue weighted by Gasteiger charge is -2.16. The number of hydrogen-bond donors (Lipinski definition) is 4. The highest BCUT2D eigenvalue weighted by Crippen LogP contribution is 2.36. The van der Waals surface area contributed by atoms with Gasteiger partial charge >= 0.3 is 6.03 Å². The molecule has 10 nitrogen and oxygen atoms in total. The Bertz CT molecular complexity index is 1500. The van der Waals surface area contributed by atoms with Crippen molar-refractivity contribution < 1.29 is 19.1 Å². The van der Waals surface area contributed by atoms with Gasteiger partial charge in [0.25, 0.3) is 5.91 Å². The van der Waals surface area contributed by atoms with Crippen LogP contribution in [0.2, 0.25) is 0 Å². The number of benzene rings is 2. The molecule has 0 aliphatic rings. The molecule has 2 heterocycles. The average molecular weight is 503 g/mol. The van der Waals surface area contributed by atoms with Gasteiger partial charge in [0.05, 0.1) is 18.2 Å². The first kappa shape index (κ1) is 25.5. The zero-order valence-corrected chi connectivity index (χ0v) is 21.6. The van der Waals surface area contributed by atoms with Crippen LogP contribution in [-0.4, -0.2) is 34.2 Å². The molecule has 2 aromatic carbocycles. The van der Waals surface area contributed by atoms with Crippen LogP contribution in [-0.2, 0) is 5.41 Å².